The van der Waals surface area contributed by atoms with E-state index in [2.05, 4.69) is 53.6 Å². The van der Waals surface area contributed by atoms with Crippen molar-refractivity contribution in [3.63, 3.8) is 0 Å². The third-order valence-electron chi connectivity index (χ3n) is 8.84. The van der Waals surface area contributed by atoms with Gasteiger partial charge in [-0.15, -0.1) is 0 Å². The summed E-state index contributed by atoms with van der Waals surface area (Å²) >= 11 is 0. The van der Waals surface area contributed by atoms with Crippen LogP contribution in [0.1, 0.15) is 24.0 Å². The molecule has 8 rings (SSSR count). The van der Waals surface area contributed by atoms with E-state index < -0.39 is 0 Å². The van der Waals surface area contributed by atoms with Crippen molar-refractivity contribution in [2.45, 2.75) is 25.9 Å². The number of benzene rings is 2. The molecule has 0 saturated carbocycles. The monoisotopic (exact) mass is 638 g/mol. The molecule has 3 N–H and O–H groups in total. The third kappa shape index (κ3) is 6.40. The van der Waals surface area contributed by atoms with E-state index >= 15 is 0 Å². The Labute approximate surface area is 277 Å². The largest absolute Gasteiger partial charge is 0.492 e. The maximum Gasteiger partial charge on any atom is 0.138 e. The second-order valence-electron chi connectivity index (χ2n) is 12.2. The summed E-state index contributed by atoms with van der Waals surface area (Å²) < 4.78 is 20.8. The minimum atomic E-state index is -0.343. The quantitative estimate of drug-likeness (QED) is 0.138. The summed E-state index contributed by atoms with van der Waals surface area (Å²) in [6.07, 6.45) is 7.89. The van der Waals surface area contributed by atoms with Crippen LogP contribution in [0.25, 0.3) is 55.8 Å². The van der Waals surface area contributed by atoms with Gasteiger partial charge in [0, 0.05) is 55.2 Å². The number of nitrogens with zero attached hydrogens (tertiary/aromatic N) is 5. The molecule has 0 unspecified atom stereocenters. The Balaban J connectivity index is 1.05. The van der Waals surface area contributed by atoms with E-state index in [1.165, 1.54) is 30.5 Å². The molecule has 0 atom stereocenters. The zero-order valence-corrected chi connectivity index (χ0v) is 26.4. The first-order valence-electron chi connectivity index (χ1n) is 16.3. The molecule has 1 aliphatic heterocycles. The summed E-state index contributed by atoms with van der Waals surface area (Å²) in [7, 11) is 0. The lowest BCUT2D eigenvalue weighted by atomic mass is 10.0. The Morgan fingerprint density at radius 3 is 2.65 bits per heavy atom. The highest BCUT2D eigenvalue weighted by molar-refractivity contribution is 5.99. The molecule has 7 aromatic rings. The van der Waals surface area contributed by atoms with Crippen molar-refractivity contribution >= 4 is 22.1 Å². The summed E-state index contributed by atoms with van der Waals surface area (Å²) in [5.74, 6) is 0.176. The van der Waals surface area contributed by atoms with Crippen molar-refractivity contribution < 1.29 is 9.13 Å². The Bertz CT molecular complexity index is 2190. The number of ether oxygens (including phenoxy) is 1. The average Bonchev–Trinajstić information content (AvgIpc) is 3.88. The molecule has 2 aromatic carbocycles. The fraction of sp³-hybridized carbons (Fsp3) is 0.211. The summed E-state index contributed by atoms with van der Waals surface area (Å²) in [4.78, 5) is 19.9. The fourth-order valence-electron chi connectivity index (χ4n) is 6.43. The predicted octanol–water partition coefficient (Wildman–Crippen LogP) is 7.13. The maximum atomic E-state index is 14.8. The molecule has 1 fully saturated rings. The third-order valence-corrected chi connectivity index (χ3v) is 8.84. The van der Waals surface area contributed by atoms with E-state index in [0.717, 1.165) is 76.2 Å². The number of halogens is 1. The summed E-state index contributed by atoms with van der Waals surface area (Å²) in [5, 5.41) is 12.1. The molecule has 1 aliphatic rings. The van der Waals surface area contributed by atoms with Crippen LogP contribution >= 0.6 is 0 Å². The number of likely N-dealkylation sites (tertiary alicyclic amines) is 1. The van der Waals surface area contributed by atoms with Crippen LogP contribution in [-0.2, 0) is 13.1 Å². The highest BCUT2D eigenvalue weighted by Crippen LogP contribution is 2.35. The zero-order valence-electron chi connectivity index (χ0n) is 26.4. The molecule has 0 spiro atoms. The first-order valence-corrected chi connectivity index (χ1v) is 16.3. The summed E-state index contributed by atoms with van der Waals surface area (Å²) in [6.45, 7) is 5.03. The Morgan fingerprint density at radius 1 is 0.875 bits per heavy atom. The summed E-state index contributed by atoms with van der Waals surface area (Å²) in [6, 6.07) is 25.2. The number of aromatic amines is 2. The van der Waals surface area contributed by atoms with Gasteiger partial charge < -0.3 is 15.0 Å². The van der Waals surface area contributed by atoms with Gasteiger partial charge in [-0.25, -0.2) is 14.4 Å². The summed E-state index contributed by atoms with van der Waals surface area (Å²) in [5.41, 5.74) is 9.26. The van der Waals surface area contributed by atoms with Gasteiger partial charge in [0.25, 0.3) is 0 Å². The van der Waals surface area contributed by atoms with Crippen LogP contribution in [0, 0.1) is 5.82 Å². The van der Waals surface area contributed by atoms with Crippen LogP contribution < -0.4 is 10.1 Å². The lowest BCUT2D eigenvalue weighted by Crippen LogP contribution is -2.25. The maximum absolute atomic E-state index is 14.8. The van der Waals surface area contributed by atoms with Gasteiger partial charge in [-0.1, -0.05) is 30.3 Å². The van der Waals surface area contributed by atoms with Crippen LogP contribution in [0.2, 0.25) is 0 Å². The molecule has 1 saturated heterocycles. The molecule has 6 heterocycles. The first-order chi connectivity index (χ1) is 23.7. The topological polar surface area (TPSA) is 108 Å². The number of rotatable bonds is 11. The van der Waals surface area contributed by atoms with Gasteiger partial charge >= 0.3 is 0 Å². The number of aromatic nitrogens is 6. The SMILES string of the molecule is Fc1cc(OCCN2CCCC2)cc(-c2ccnc3[nH]c(-c4n[nH]c5ccc(-c6cncc(CNCc7ccccc7)c6)nc45)cc23)c1. The van der Waals surface area contributed by atoms with Crippen molar-refractivity contribution in [2.24, 2.45) is 0 Å². The molecule has 0 aliphatic carbocycles. The van der Waals surface area contributed by atoms with E-state index in [0.29, 0.717) is 30.2 Å². The minimum Gasteiger partial charge on any atom is -0.492 e. The van der Waals surface area contributed by atoms with Gasteiger partial charge in [-0.2, -0.15) is 5.10 Å². The van der Waals surface area contributed by atoms with Gasteiger partial charge in [0.05, 0.1) is 16.9 Å². The van der Waals surface area contributed by atoms with E-state index in [9.17, 15) is 4.39 Å². The van der Waals surface area contributed by atoms with Crippen LogP contribution in [0.4, 0.5) is 4.39 Å². The standard InChI is InChI=1S/C38H35FN8O/c39-29-17-27(18-30(19-29)48-15-14-47-12-4-5-13-47)31-10-11-42-38-32(31)20-35(44-38)37-36-34(45-46-37)9-8-33(43-36)28-16-26(23-41-24-28)22-40-21-25-6-2-1-3-7-25/h1-3,6-11,16-20,23-24,40H,4-5,12-15,21-22H2,(H,42,44)(H,45,46). The van der Waals surface area contributed by atoms with E-state index in [1.54, 1.807) is 6.20 Å². The van der Waals surface area contributed by atoms with Gasteiger partial charge in [-0.3, -0.25) is 15.0 Å². The van der Waals surface area contributed by atoms with Crippen molar-refractivity contribution in [3.8, 4) is 39.5 Å². The Kier molecular flexibility index (Phi) is 8.32. The molecular weight excluding hydrogens is 603 g/mol. The lowest BCUT2D eigenvalue weighted by molar-refractivity contribution is 0.237. The smallest absolute Gasteiger partial charge is 0.138 e. The second kappa shape index (κ2) is 13.3. The highest BCUT2D eigenvalue weighted by Gasteiger charge is 2.17. The number of nitrogens with one attached hydrogen (secondary N) is 3. The van der Waals surface area contributed by atoms with Crippen LogP contribution in [0.15, 0.2) is 97.5 Å². The number of H-pyrrole nitrogens is 2. The van der Waals surface area contributed by atoms with Gasteiger partial charge in [0.2, 0.25) is 0 Å². The van der Waals surface area contributed by atoms with Gasteiger partial charge in [0.15, 0.2) is 0 Å². The molecule has 0 radical (unpaired) electrons. The molecule has 5 aromatic heterocycles. The lowest BCUT2D eigenvalue weighted by Gasteiger charge is -2.15. The normalized spacial score (nSPS) is 13.5. The fourth-order valence-corrected chi connectivity index (χ4v) is 6.43. The number of fused-ring (bicyclic) bond motifs is 2. The molecule has 48 heavy (non-hydrogen) atoms. The molecular formula is C38H35FN8O. The van der Waals surface area contributed by atoms with Crippen molar-refractivity contribution in [2.75, 3.05) is 26.2 Å². The van der Waals surface area contributed by atoms with E-state index in [4.69, 9.17) is 9.72 Å². The Morgan fingerprint density at radius 2 is 1.75 bits per heavy atom. The molecule has 0 amide bonds. The van der Waals surface area contributed by atoms with Crippen molar-refractivity contribution in [3.05, 3.63) is 114 Å². The van der Waals surface area contributed by atoms with E-state index in [1.807, 2.05) is 60.9 Å². The van der Waals surface area contributed by atoms with Crippen LogP contribution in [0.3, 0.4) is 0 Å². The highest BCUT2D eigenvalue weighted by atomic mass is 19.1. The van der Waals surface area contributed by atoms with Crippen LogP contribution in [0.5, 0.6) is 5.75 Å². The second-order valence-corrected chi connectivity index (χ2v) is 12.2. The number of hydrogen-bond acceptors (Lipinski definition) is 7. The average molecular weight is 639 g/mol. The predicted molar refractivity (Wildman–Crippen MR) is 186 cm³/mol. The van der Waals surface area contributed by atoms with Gasteiger partial charge in [0.1, 0.15) is 35.0 Å². The molecule has 0 bridgehead atoms. The van der Waals surface area contributed by atoms with Gasteiger partial charge in [-0.05, 0) is 90.6 Å². The van der Waals surface area contributed by atoms with Crippen molar-refractivity contribution in [1.29, 1.82) is 0 Å². The molecule has 9 nitrogen and oxygen atoms in total. The van der Waals surface area contributed by atoms with Crippen molar-refractivity contribution in [1.82, 2.24) is 40.3 Å². The van der Waals surface area contributed by atoms with Crippen LogP contribution in [-0.4, -0.2) is 61.3 Å². The molecule has 10 heteroatoms. The first kappa shape index (κ1) is 29.9. The van der Waals surface area contributed by atoms with E-state index in [-0.39, 0.29) is 5.82 Å². The minimum absolute atomic E-state index is 0.343. The Hall–Kier alpha value is -5.45. The zero-order chi connectivity index (χ0) is 32.3. The number of hydrogen-bond donors (Lipinski definition) is 3. The molecule has 240 valence electrons. The number of pyridine rings is 3.